The maximum atomic E-state index is 13.0. The first-order valence-corrected chi connectivity index (χ1v) is 9.68. The molecular weight excluding hydrogens is 365 g/mol. The van der Waals surface area contributed by atoms with Gasteiger partial charge in [0.2, 0.25) is 5.91 Å². The molecule has 29 heavy (non-hydrogen) atoms. The van der Waals surface area contributed by atoms with E-state index in [1.807, 2.05) is 42.5 Å². The van der Waals surface area contributed by atoms with Gasteiger partial charge in [-0.1, -0.05) is 54.6 Å². The number of aromatic nitrogens is 2. The molecule has 0 fully saturated rings. The first-order valence-electron chi connectivity index (χ1n) is 9.68. The number of nitrogens with zero attached hydrogens (tertiary/aromatic N) is 2. The first-order chi connectivity index (χ1) is 14.2. The second kappa shape index (κ2) is 8.69. The van der Waals surface area contributed by atoms with Crippen LogP contribution in [0.2, 0.25) is 0 Å². The van der Waals surface area contributed by atoms with Crippen molar-refractivity contribution in [1.29, 1.82) is 0 Å². The van der Waals surface area contributed by atoms with Gasteiger partial charge in [0.15, 0.2) is 0 Å². The minimum Gasteiger partial charge on any atom is -0.352 e. The van der Waals surface area contributed by atoms with E-state index < -0.39 is 0 Å². The Morgan fingerprint density at radius 2 is 1.62 bits per heavy atom. The number of amides is 1. The molecular formula is C24H22FN3O. The summed E-state index contributed by atoms with van der Waals surface area (Å²) in [6, 6.07) is 24.3. The molecule has 0 aliphatic rings. The molecule has 0 radical (unpaired) electrons. The molecule has 1 aromatic heterocycles. The third-order valence-electron chi connectivity index (χ3n) is 4.90. The van der Waals surface area contributed by atoms with Crippen LogP contribution < -0.4 is 5.32 Å². The molecule has 4 rings (SSSR count). The topological polar surface area (TPSA) is 46.9 Å². The molecule has 0 unspecified atom stereocenters. The lowest BCUT2D eigenvalue weighted by Gasteiger charge is -2.10. The number of para-hydroxylation sites is 2. The summed E-state index contributed by atoms with van der Waals surface area (Å²) in [5.41, 5.74) is 4.03. The van der Waals surface area contributed by atoms with Crippen LogP contribution in [0.25, 0.3) is 11.0 Å². The largest absolute Gasteiger partial charge is 0.352 e. The summed E-state index contributed by atoms with van der Waals surface area (Å²) in [6.07, 6.45) is 1.07. The molecule has 0 atom stereocenters. The van der Waals surface area contributed by atoms with Crippen LogP contribution >= 0.6 is 0 Å². The van der Waals surface area contributed by atoms with Gasteiger partial charge in [0.1, 0.15) is 11.6 Å². The Labute approximate surface area is 169 Å². The van der Waals surface area contributed by atoms with Crippen molar-refractivity contribution < 1.29 is 9.18 Å². The number of carbonyl (C=O) groups is 1. The molecule has 0 saturated carbocycles. The van der Waals surface area contributed by atoms with Gasteiger partial charge in [-0.15, -0.1) is 0 Å². The third kappa shape index (κ3) is 4.69. The third-order valence-corrected chi connectivity index (χ3v) is 4.90. The van der Waals surface area contributed by atoms with Crippen LogP contribution in [0.15, 0.2) is 78.9 Å². The van der Waals surface area contributed by atoms with E-state index in [4.69, 9.17) is 4.98 Å². The van der Waals surface area contributed by atoms with E-state index in [1.54, 1.807) is 12.1 Å². The summed E-state index contributed by atoms with van der Waals surface area (Å²) in [7, 11) is 0. The highest BCUT2D eigenvalue weighted by atomic mass is 19.1. The molecule has 1 N–H and O–H groups in total. The van der Waals surface area contributed by atoms with Crippen LogP contribution in [0, 0.1) is 5.82 Å². The zero-order valence-corrected chi connectivity index (χ0v) is 16.0. The maximum Gasteiger partial charge on any atom is 0.222 e. The molecule has 0 aliphatic carbocycles. The zero-order chi connectivity index (χ0) is 20.1. The van der Waals surface area contributed by atoms with Gasteiger partial charge < -0.3 is 9.88 Å². The number of aryl methyl sites for hydroxylation is 1. The molecule has 0 saturated heterocycles. The molecule has 5 heteroatoms. The van der Waals surface area contributed by atoms with Crippen LogP contribution in [-0.4, -0.2) is 15.5 Å². The van der Waals surface area contributed by atoms with Gasteiger partial charge >= 0.3 is 0 Å². The van der Waals surface area contributed by atoms with Crippen molar-refractivity contribution in [2.24, 2.45) is 0 Å². The lowest BCUT2D eigenvalue weighted by atomic mass is 10.1. The Balaban J connectivity index is 1.45. The van der Waals surface area contributed by atoms with Crippen molar-refractivity contribution in [1.82, 2.24) is 14.9 Å². The van der Waals surface area contributed by atoms with E-state index >= 15 is 0 Å². The lowest BCUT2D eigenvalue weighted by molar-refractivity contribution is -0.121. The van der Waals surface area contributed by atoms with Crippen LogP contribution in [0.1, 0.15) is 23.4 Å². The molecule has 1 heterocycles. The number of rotatable bonds is 7. The predicted octanol–water partition coefficient (Wildman–Crippen LogP) is 4.47. The van der Waals surface area contributed by atoms with Crippen molar-refractivity contribution in [2.45, 2.75) is 25.9 Å². The number of halogens is 1. The second-order valence-corrected chi connectivity index (χ2v) is 6.98. The van der Waals surface area contributed by atoms with E-state index in [1.165, 1.54) is 17.7 Å². The van der Waals surface area contributed by atoms with Crippen LogP contribution in [-0.2, 0) is 24.3 Å². The fourth-order valence-corrected chi connectivity index (χ4v) is 3.39. The Morgan fingerprint density at radius 1 is 0.897 bits per heavy atom. The fraction of sp³-hybridized carbons (Fsp3) is 0.167. The van der Waals surface area contributed by atoms with Gasteiger partial charge in [0.25, 0.3) is 0 Å². The first kappa shape index (κ1) is 18.9. The van der Waals surface area contributed by atoms with Crippen LogP contribution in [0.4, 0.5) is 4.39 Å². The van der Waals surface area contributed by atoms with Crippen molar-refractivity contribution in [3.05, 3.63) is 102 Å². The number of nitrogens with one attached hydrogen (secondary N) is 1. The Morgan fingerprint density at radius 3 is 2.41 bits per heavy atom. The van der Waals surface area contributed by atoms with Crippen molar-refractivity contribution >= 4 is 16.9 Å². The van der Waals surface area contributed by atoms with Crippen molar-refractivity contribution in [3.8, 4) is 0 Å². The van der Waals surface area contributed by atoms with Gasteiger partial charge in [-0.3, -0.25) is 4.79 Å². The number of imidazole rings is 1. The summed E-state index contributed by atoms with van der Waals surface area (Å²) in [4.78, 5) is 17.1. The Hall–Kier alpha value is -3.47. The van der Waals surface area contributed by atoms with E-state index in [9.17, 15) is 9.18 Å². The van der Waals surface area contributed by atoms with Gasteiger partial charge in [-0.25, -0.2) is 9.37 Å². The van der Waals surface area contributed by atoms with Crippen molar-refractivity contribution in [3.63, 3.8) is 0 Å². The Bertz CT molecular complexity index is 1100. The van der Waals surface area contributed by atoms with E-state index in [0.29, 0.717) is 25.9 Å². The molecule has 0 bridgehead atoms. The SMILES string of the molecule is O=C(CCn1c(Cc2ccccc2)nc2ccccc21)NCc1ccc(F)cc1. The zero-order valence-electron chi connectivity index (χ0n) is 16.0. The standard InChI is InChI=1S/C24H22FN3O/c25-20-12-10-19(11-13-20)17-26-24(29)14-15-28-22-9-5-4-8-21(22)27-23(28)16-18-6-2-1-3-7-18/h1-13H,14-17H2,(H,26,29). The minimum absolute atomic E-state index is 0.0437. The highest BCUT2D eigenvalue weighted by Gasteiger charge is 2.12. The highest BCUT2D eigenvalue weighted by molar-refractivity contribution is 5.78. The summed E-state index contributed by atoms with van der Waals surface area (Å²) in [6.45, 7) is 0.943. The lowest BCUT2D eigenvalue weighted by Crippen LogP contribution is -2.24. The molecule has 146 valence electrons. The summed E-state index contributed by atoms with van der Waals surface area (Å²) >= 11 is 0. The number of hydrogen-bond donors (Lipinski definition) is 1. The highest BCUT2D eigenvalue weighted by Crippen LogP contribution is 2.19. The number of fused-ring (bicyclic) bond motifs is 1. The predicted molar refractivity (Wildman–Crippen MR) is 112 cm³/mol. The minimum atomic E-state index is -0.280. The van der Waals surface area contributed by atoms with Gasteiger partial charge in [-0.2, -0.15) is 0 Å². The Kier molecular flexibility index (Phi) is 5.66. The average Bonchev–Trinajstić information content (AvgIpc) is 3.09. The summed E-state index contributed by atoms with van der Waals surface area (Å²) in [5.74, 6) is 0.625. The molecule has 4 nitrogen and oxygen atoms in total. The van der Waals surface area contributed by atoms with Crippen LogP contribution in [0.5, 0.6) is 0 Å². The number of hydrogen-bond acceptors (Lipinski definition) is 2. The molecule has 3 aromatic carbocycles. The number of benzene rings is 3. The monoisotopic (exact) mass is 387 g/mol. The molecule has 0 spiro atoms. The fourth-order valence-electron chi connectivity index (χ4n) is 3.39. The van der Waals surface area contributed by atoms with Gasteiger partial charge in [0.05, 0.1) is 11.0 Å². The van der Waals surface area contributed by atoms with E-state index in [2.05, 4.69) is 22.0 Å². The smallest absolute Gasteiger partial charge is 0.222 e. The maximum absolute atomic E-state index is 13.0. The molecule has 4 aromatic rings. The summed E-state index contributed by atoms with van der Waals surface area (Å²) < 4.78 is 15.1. The van der Waals surface area contributed by atoms with Gasteiger partial charge in [-0.05, 0) is 35.4 Å². The van der Waals surface area contributed by atoms with E-state index in [-0.39, 0.29) is 11.7 Å². The average molecular weight is 387 g/mol. The quantitative estimate of drug-likeness (QED) is 0.508. The van der Waals surface area contributed by atoms with Gasteiger partial charge in [0, 0.05) is 25.9 Å². The normalized spacial score (nSPS) is 10.9. The summed E-state index contributed by atoms with van der Waals surface area (Å²) in [5, 5.41) is 2.90. The molecule has 0 aliphatic heterocycles. The molecule has 1 amide bonds. The van der Waals surface area contributed by atoms with Crippen molar-refractivity contribution in [2.75, 3.05) is 0 Å². The second-order valence-electron chi connectivity index (χ2n) is 6.98. The van der Waals surface area contributed by atoms with E-state index in [0.717, 1.165) is 22.4 Å². The number of carbonyl (C=O) groups excluding carboxylic acids is 1. The van der Waals surface area contributed by atoms with Crippen LogP contribution in [0.3, 0.4) is 0 Å².